The molecule has 1 saturated carbocycles. The van der Waals surface area contributed by atoms with Gasteiger partial charge in [-0.15, -0.1) is 18.2 Å². The fourth-order valence-electron chi connectivity index (χ4n) is 7.45. The van der Waals surface area contributed by atoms with Gasteiger partial charge in [-0.3, -0.25) is 0 Å². The summed E-state index contributed by atoms with van der Waals surface area (Å²) in [5.74, 6) is 7.98. The second-order valence-electron chi connectivity index (χ2n) is 15.2. The number of hydrogen-bond acceptors (Lipinski definition) is 3. The van der Waals surface area contributed by atoms with Crippen LogP contribution in [-0.2, 0) is 26.5 Å². The van der Waals surface area contributed by atoms with Crippen LogP contribution in [0.2, 0.25) is 17.3 Å². The Morgan fingerprint density at radius 1 is 0.648 bits per heavy atom. The van der Waals surface area contributed by atoms with Crippen molar-refractivity contribution < 1.29 is 24.5 Å². The van der Waals surface area contributed by atoms with Crippen LogP contribution in [0.25, 0.3) is 66.7 Å². The molecule has 1 aliphatic carbocycles. The molecule has 3 aromatic heterocycles. The van der Waals surface area contributed by atoms with E-state index in [-0.39, 0.29) is 20.1 Å². The predicted octanol–water partition coefficient (Wildman–Crippen LogP) is 12.6. The molecule has 0 saturated heterocycles. The molecule has 1 aliphatic rings. The number of furan rings is 1. The van der Waals surface area contributed by atoms with Gasteiger partial charge in [-0.2, -0.15) is 0 Å². The fourth-order valence-corrected chi connectivity index (χ4v) is 9.62. The molecule has 0 N–H and O–H groups in total. The Labute approximate surface area is 335 Å². The molecule has 8 aromatic rings. The van der Waals surface area contributed by atoms with E-state index in [1.54, 1.807) is 0 Å². The van der Waals surface area contributed by atoms with E-state index in [2.05, 4.69) is 155 Å². The van der Waals surface area contributed by atoms with Crippen LogP contribution < -0.4 is 4.40 Å². The third kappa shape index (κ3) is 8.52. The zero-order chi connectivity index (χ0) is 36.2. The van der Waals surface area contributed by atoms with Crippen LogP contribution in [-0.4, -0.2) is 23.2 Å². The molecule has 1 fully saturated rings. The largest absolute Gasteiger partial charge is 0.501 e. The van der Waals surface area contributed by atoms with Crippen molar-refractivity contribution in [3.05, 3.63) is 164 Å². The van der Waals surface area contributed by atoms with Crippen molar-refractivity contribution in [2.45, 2.75) is 49.4 Å². The van der Waals surface area contributed by atoms with Crippen molar-refractivity contribution in [3.8, 4) is 44.8 Å². The molecule has 0 bridgehead atoms. The molecular formula is C49H44GeIrN2O-2. The van der Waals surface area contributed by atoms with Gasteiger partial charge in [0.25, 0.3) is 0 Å². The molecule has 5 heteroatoms. The Morgan fingerprint density at radius 2 is 1.35 bits per heavy atom. The van der Waals surface area contributed by atoms with E-state index >= 15 is 0 Å². The first-order valence-electron chi connectivity index (χ1n) is 18.8. The van der Waals surface area contributed by atoms with Gasteiger partial charge < -0.3 is 9.40 Å². The Morgan fingerprint density at radius 3 is 2.04 bits per heavy atom. The van der Waals surface area contributed by atoms with Crippen LogP contribution in [0.5, 0.6) is 0 Å². The summed E-state index contributed by atoms with van der Waals surface area (Å²) in [5, 5.41) is 2.25. The maximum absolute atomic E-state index is 6.40. The standard InChI is InChI=1S/C29H24NO.C20H20GeN.Ir/c1-2-9-22(10-3-1)23-13-14-24-25-11-6-12-26(29(25)31-28(24)19-23)27-18-21(15-16-30-27)17-20-7-4-5-8-20;1-21(2,3)19-12-13-20(22-15-19)18-11-7-10-17(14-18)16-8-5-4-6-9-16;/h1-3,6,9-11,13-16,18-20H,4-5,7-8,17H2;4-10,12-15H,1-3H3;/q2*-1;. The summed E-state index contributed by atoms with van der Waals surface area (Å²) in [7, 11) is 0. The zero-order valence-electron chi connectivity index (χ0n) is 31.1. The summed E-state index contributed by atoms with van der Waals surface area (Å²) in [6.45, 7) is 0. The molecule has 0 aliphatic heterocycles. The summed E-state index contributed by atoms with van der Waals surface area (Å²) in [6.07, 6.45) is 10.6. The molecule has 5 aromatic carbocycles. The van der Waals surface area contributed by atoms with Crippen LogP contribution >= 0.6 is 0 Å². The van der Waals surface area contributed by atoms with Gasteiger partial charge in [0.2, 0.25) is 0 Å². The number of nitrogens with zero attached hydrogens (tertiary/aromatic N) is 2. The summed E-state index contributed by atoms with van der Waals surface area (Å²) in [6, 6.07) is 53.1. The van der Waals surface area contributed by atoms with Gasteiger partial charge in [0, 0.05) is 31.7 Å². The van der Waals surface area contributed by atoms with Gasteiger partial charge in [0.1, 0.15) is 5.58 Å². The van der Waals surface area contributed by atoms with Crippen LogP contribution in [0.4, 0.5) is 0 Å². The van der Waals surface area contributed by atoms with Crippen molar-refractivity contribution in [3.63, 3.8) is 0 Å². The van der Waals surface area contributed by atoms with Gasteiger partial charge in [0.05, 0.1) is 5.58 Å². The van der Waals surface area contributed by atoms with E-state index in [0.29, 0.717) is 0 Å². The van der Waals surface area contributed by atoms with Gasteiger partial charge >= 0.3 is 135 Å². The van der Waals surface area contributed by atoms with Gasteiger partial charge in [-0.1, -0.05) is 90.7 Å². The van der Waals surface area contributed by atoms with E-state index in [1.807, 2.05) is 30.5 Å². The maximum Gasteiger partial charge on any atom is 0.121 e. The van der Waals surface area contributed by atoms with E-state index in [9.17, 15) is 0 Å². The fraction of sp³-hybridized carbons (Fsp3) is 0.184. The van der Waals surface area contributed by atoms with E-state index in [4.69, 9.17) is 4.42 Å². The van der Waals surface area contributed by atoms with E-state index in [0.717, 1.165) is 62.4 Å². The average Bonchev–Trinajstić information content (AvgIpc) is 3.86. The molecule has 271 valence electrons. The molecule has 54 heavy (non-hydrogen) atoms. The summed E-state index contributed by atoms with van der Waals surface area (Å²) < 4.78 is 7.84. The van der Waals surface area contributed by atoms with Crippen molar-refractivity contribution >= 4 is 39.6 Å². The zero-order valence-corrected chi connectivity index (χ0v) is 35.6. The van der Waals surface area contributed by atoms with Crippen molar-refractivity contribution in [1.29, 1.82) is 0 Å². The minimum atomic E-state index is -1.79. The second kappa shape index (κ2) is 16.8. The Hall–Kier alpha value is -4.61. The molecule has 1 radical (unpaired) electrons. The molecule has 0 atom stereocenters. The van der Waals surface area contributed by atoms with Crippen molar-refractivity contribution in [2.75, 3.05) is 0 Å². The number of benzene rings is 5. The number of hydrogen-bond donors (Lipinski definition) is 0. The topological polar surface area (TPSA) is 38.9 Å². The minimum Gasteiger partial charge on any atom is -0.501 e. The Bertz CT molecular complexity index is 2460. The number of aromatic nitrogens is 2. The van der Waals surface area contributed by atoms with Gasteiger partial charge in [0.15, 0.2) is 0 Å². The van der Waals surface area contributed by atoms with Crippen molar-refractivity contribution in [2.24, 2.45) is 5.92 Å². The first-order chi connectivity index (χ1) is 25.9. The summed E-state index contributed by atoms with van der Waals surface area (Å²) in [5.41, 5.74) is 11.9. The number of pyridine rings is 2. The maximum atomic E-state index is 6.40. The predicted molar refractivity (Wildman–Crippen MR) is 224 cm³/mol. The molecule has 0 spiro atoms. The molecule has 0 unspecified atom stereocenters. The first-order valence-corrected chi connectivity index (χ1v) is 26.2. The third-order valence-corrected chi connectivity index (χ3v) is 14.7. The van der Waals surface area contributed by atoms with Crippen LogP contribution in [0.3, 0.4) is 0 Å². The molecule has 9 rings (SSSR count). The van der Waals surface area contributed by atoms with E-state index in [1.165, 1.54) is 52.3 Å². The summed E-state index contributed by atoms with van der Waals surface area (Å²) in [4.78, 5) is 9.34. The molecule has 0 amide bonds. The quantitative estimate of drug-likeness (QED) is 0.118. The molecular weight excluding hydrogens is 897 g/mol. The Balaban J connectivity index is 0.000000174. The monoisotopic (exact) mass is 943 g/mol. The van der Waals surface area contributed by atoms with E-state index < -0.39 is 13.3 Å². The first kappa shape index (κ1) is 37.7. The minimum absolute atomic E-state index is 0. The third-order valence-electron chi connectivity index (χ3n) is 10.4. The van der Waals surface area contributed by atoms with Gasteiger partial charge in [-0.25, -0.2) is 0 Å². The number of fused-ring (bicyclic) bond motifs is 3. The summed E-state index contributed by atoms with van der Waals surface area (Å²) >= 11 is -1.79. The smallest absolute Gasteiger partial charge is 0.121 e. The Kier molecular flexibility index (Phi) is 11.7. The normalized spacial score (nSPS) is 13.0. The van der Waals surface area contributed by atoms with Crippen LogP contribution in [0.15, 0.2) is 150 Å². The SMILES string of the molecule is [CH3][Ge]([CH3])([CH3])[c]1ccc(-c2[c-]ccc(-c3ccccc3)c2)nc1.[Ir].[c-]1ccc2c(oc3cc(-c4ccccc4)ccc32)c1-c1cc(CC2CCCC2)ccn1. The number of rotatable bonds is 7. The van der Waals surface area contributed by atoms with Crippen LogP contribution in [0.1, 0.15) is 31.2 Å². The average molecular weight is 942 g/mol. The molecule has 3 heterocycles. The molecule has 3 nitrogen and oxygen atoms in total. The van der Waals surface area contributed by atoms with Gasteiger partial charge in [-0.05, 0) is 41.3 Å². The van der Waals surface area contributed by atoms with Crippen LogP contribution in [0, 0.1) is 18.1 Å². The van der Waals surface area contributed by atoms with Crippen molar-refractivity contribution in [1.82, 2.24) is 9.97 Å². The second-order valence-corrected chi connectivity index (χ2v) is 25.9.